The molecule has 0 fully saturated rings. The first kappa shape index (κ1) is 15.6. The fraction of sp³-hybridized carbons (Fsp3) is 0.267. The molecule has 0 saturated heterocycles. The molecule has 0 saturated carbocycles. The molecule has 1 atom stereocenters. The number of anilines is 2. The molecular weight excluding hydrogens is 286 g/mol. The molecule has 0 aliphatic heterocycles. The monoisotopic (exact) mass is 303 g/mol. The van der Waals surface area contributed by atoms with Crippen molar-refractivity contribution in [2.24, 2.45) is 0 Å². The summed E-state index contributed by atoms with van der Waals surface area (Å²) in [4.78, 5) is 24.3. The minimum Gasteiger partial charge on any atom is -0.448 e. The average molecular weight is 303 g/mol. The molecule has 0 spiro atoms. The third kappa shape index (κ3) is 3.43. The van der Waals surface area contributed by atoms with Crippen molar-refractivity contribution in [1.29, 1.82) is 0 Å². The second-order valence-corrected chi connectivity index (χ2v) is 4.66. The van der Waals surface area contributed by atoms with E-state index in [4.69, 9.17) is 15.0 Å². The number of benzene rings is 1. The van der Waals surface area contributed by atoms with Crippen LogP contribution < -0.4 is 11.1 Å². The number of ether oxygens (including phenoxy) is 1. The van der Waals surface area contributed by atoms with Crippen molar-refractivity contribution < 1.29 is 18.8 Å². The second kappa shape index (κ2) is 6.75. The molecule has 0 bridgehead atoms. The molecule has 2 rings (SSSR count). The Morgan fingerprint density at radius 3 is 2.59 bits per heavy atom. The van der Waals surface area contributed by atoms with Crippen molar-refractivity contribution in [3.63, 3.8) is 0 Å². The number of esters is 1. The van der Waals surface area contributed by atoms with E-state index in [2.05, 4.69) is 10.5 Å². The number of rotatable bonds is 5. The first-order valence-corrected chi connectivity index (χ1v) is 6.81. The van der Waals surface area contributed by atoms with Crippen molar-refractivity contribution in [1.82, 2.24) is 5.16 Å². The van der Waals surface area contributed by atoms with Crippen LogP contribution in [0.5, 0.6) is 0 Å². The highest BCUT2D eigenvalue weighted by Gasteiger charge is 2.26. The molecule has 1 aromatic carbocycles. The lowest BCUT2D eigenvalue weighted by Crippen LogP contribution is -2.32. The van der Waals surface area contributed by atoms with Gasteiger partial charge in [-0.25, -0.2) is 4.79 Å². The lowest BCUT2D eigenvalue weighted by atomic mass is 10.2. The highest BCUT2D eigenvalue weighted by Crippen LogP contribution is 2.18. The van der Waals surface area contributed by atoms with Crippen LogP contribution >= 0.6 is 0 Å². The van der Waals surface area contributed by atoms with Crippen LogP contribution in [0.1, 0.15) is 29.4 Å². The smallest absolute Gasteiger partial charge is 0.346 e. The van der Waals surface area contributed by atoms with Gasteiger partial charge in [-0.2, -0.15) is 0 Å². The predicted molar refractivity (Wildman–Crippen MR) is 80.2 cm³/mol. The van der Waals surface area contributed by atoms with E-state index in [-0.39, 0.29) is 11.4 Å². The van der Waals surface area contributed by atoms with E-state index >= 15 is 0 Å². The van der Waals surface area contributed by atoms with Crippen LogP contribution in [0.15, 0.2) is 34.9 Å². The van der Waals surface area contributed by atoms with Crippen molar-refractivity contribution in [2.45, 2.75) is 26.4 Å². The number of aryl methyl sites for hydroxylation is 1. The Kier molecular flexibility index (Phi) is 4.77. The maximum absolute atomic E-state index is 12.2. The highest BCUT2D eigenvalue weighted by molar-refractivity contribution is 5.99. The Bertz CT molecular complexity index is 647. The molecular formula is C15H17N3O4. The van der Waals surface area contributed by atoms with Crippen LogP contribution in [-0.4, -0.2) is 23.1 Å². The molecule has 1 heterocycles. The van der Waals surface area contributed by atoms with Gasteiger partial charge in [0.05, 0.1) is 5.69 Å². The van der Waals surface area contributed by atoms with Gasteiger partial charge in [0.25, 0.3) is 5.91 Å². The van der Waals surface area contributed by atoms with Crippen LogP contribution in [0, 0.1) is 6.92 Å². The van der Waals surface area contributed by atoms with E-state index in [1.807, 2.05) is 6.07 Å². The van der Waals surface area contributed by atoms with E-state index in [0.717, 1.165) is 0 Å². The van der Waals surface area contributed by atoms with Gasteiger partial charge in [-0.1, -0.05) is 30.3 Å². The van der Waals surface area contributed by atoms with Gasteiger partial charge in [0.15, 0.2) is 6.10 Å². The summed E-state index contributed by atoms with van der Waals surface area (Å²) < 4.78 is 9.92. The Hall–Kier alpha value is -2.83. The number of nitrogens with zero attached hydrogens (tertiary/aromatic N) is 1. The van der Waals surface area contributed by atoms with Crippen LogP contribution in [0.25, 0.3) is 0 Å². The molecule has 116 valence electrons. The fourth-order valence-electron chi connectivity index (χ4n) is 1.89. The molecule has 3 N–H and O–H groups in total. The van der Waals surface area contributed by atoms with E-state index in [1.165, 1.54) is 0 Å². The number of hydrogen-bond donors (Lipinski definition) is 2. The van der Waals surface area contributed by atoms with E-state index in [9.17, 15) is 9.59 Å². The zero-order valence-electron chi connectivity index (χ0n) is 12.3. The molecule has 0 aliphatic carbocycles. The molecule has 0 aliphatic rings. The molecule has 2 aromatic rings. The van der Waals surface area contributed by atoms with Gasteiger partial charge in [-0.15, -0.1) is 0 Å². The number of amides is 1. The largest absolute Gasteiger partial charge is 0.448 e. The van der Waals surface area contributed by atoms with Gasteiger partial charge in [0, 0.05) is 5.69 Å². The van der Waals surface area contributed by atoms with E-state index in [0.29, 0.717) is 17.8 Å². The Labute approximate surface area is 127 Å². The molecule has 1 amide bonds. The summed E-state index contributed by atoms with van der Waals surface area (Å²) in [5.74, 6) is -1.26. The number of para-hydroxylation sites is 1. The quantitative estimate of drug-likeness (QED) is 0.819. The van der Waals surface area contributed by atoms with Gasteiger partial charge in [0.1, 0.15) is 5.56 Å². The molecule has 7 heteroatoms. The molecule has 1 aromatic heterocycles. The first-order chi connectivity index (χ1) is 10.5. The molecule has 0 radical (unpaired) electrons. The highest BCUT2D eigenvalue weighted by atomic mass is 16.6. The van der Waals surface area contributed by atoms with Gasteiger partial charge in [-0.05, 0) is 25.5 Å². The van der Waals surface area contributed by atoms with Gasteiger partial charge in [-0.3, -0.25) is 4.79 Å². The van der Waals surface area contributed by atoms with Crippen LogP contribution in [0.2, 0.25) is 0 Å². The standard InChI is InChI=1S/C15H17N3O4/c1-3-11(14(19)17-10-7-5-4-6-8-10)21-15(20)12-9(2)18-22-13(12)16/h4-8,11H,3,16H2,1-2H3,(H,17,19). The van der Waals surface area contributed by atoms with Crippen molar-refractivity contribution >= 4 is 23.4 Å². The number of aromatic nitrogens is 1. The lowest BCUT2D eigenvalue weighted by molar-refractivity contribution is -0.124. The maximum atomic E-state index is 12.2. The summed E-state index contributed by atoms with van der Waals surface area (Å²) in [6, 6.07) is 8.92. The number of nitrogens with two attached hydrogens (primary N) is 1. The van der Waals surface area contributed by atoms with Crippen LogP contribution in [0.3, 0.4) is 0 Å². The van der Waals surface area contributed by atoms with Gasteiger partial charge < -0.3 is 20.3 Å². The Morgan fingerprint density at radius 1 is 1.36 bits per heavy atom. The number of nitrogens with one attached hydrogen (secondary N) is 1. The summed E-state index contributed by atoms with van der Waals surface area (Å²) in [5, 5.41) is 6.27. The van der Waals surface area contributed by atoms with Crippen molar-refractivity contribution in [3.05, 3.63) is 41.6 Å². The first-order valence-electron chi connectivity index (χ1n) is 6.81. The van der Waals surface area contributed by atoms with Gasteiger partial charge >= 0.3 is 5.97 Å². The zero-order chi connectivity index (χ0) is 16.1. The summed E-state index contributed by atoms with van der Waals surface area (Å²) >= 11 is 0. The minimum absolute atomic E-state index is 0.0472. The summed E-state index contributed by atoms with van der Waals surface area (Å²) in [7, 11) is 0. The van der Waals surface area contributed by atoms with Crippen LogP contribution in [0.4, 0.5) is 11.6 Å². The maximum Gasteiger partial charge on any atom is 0.346 e. The molecule has 22 heavy (non-hydrogen) atoms. The van der Waals surface area contributed by atoms with E-state index in [1.54, 1.807) is 38.1 Å². The van der Waals surface area contributed by atoms with Crippen LogP contribution in [-0.2, 0) is 9.53 Å². The summed E-state index contributed by atoms with van der Waals surface area (Å²) in [5.41, 5.74) is 6.52. The lowest BCUT2D eigenvalue weighted by Gasteiger charge is -2.15. The minimum atomic E-state index is -0.929. The molecule has 1 unspecified atom stereocenters. The zero-order valence-corrected chi connectivity index (χ0v) is 12.3. The van der Waals surface area contributed by atoms with E-state index < -0.39 is 18.0 Å². The fourth-order valence-corrected chi connectivity index (χ4v) is 1.89. The SMILES string of the molecule is CCC(OC(=O)c1c(C)noc1N)C(=O)Nc1ccccc1. The number of carbonyl (C=O) groups is 2. The molecule has 7 nitrogen and oxygen atoms in total. The third-order valence-corrected chi connectivity index (χ3v) is 3.05. The predicted octanol–water partition coefficient (Wildman–Crippen LogP) is 2.14. The van der Waals surface area contributed by atoms with Gasteiger partial charge in [0.2, 0.25) is 5.88 Å². The average Bonchev–Trinajstić information content (AvgIpc) is 2.84. The number of nitrogen functional groups attached to an aromatic ring is 1. The summed E-state index contributed by atoms with van der Waals surface area (Å²) in [6.45, 7) is 3.31. The number of hydrogen-bond acceptors (Lipinski definition) is 6. The third-order valence-electron chi connectivity index (χ3n) is 3.05. The second-order valence-electron chi connectivity index (χ2n) is 4.66. The Morgan fingerprint density at radius 2 is 2.05 bits per heavy atom. The normalized spacial score (nSPS) is 11.7. The summed E-state index contributed by atoms with van der Waals surface area (Å²) in [6.07, 6.45) is -0.601. The van der Waals surface area contributed by atoms with Crippen molar-refractivity contribution in [2.75, 3.05) is 11.1 Å². The number of carbonyl (C=O) groups excluding carboxylic acids is 2. The topological polar surface area (TPSA) is 107 Å². The van der Waals surface area contributed by atoms with Crippen molar-refractivity contribution in [3.8, 4) is 0 Å². The Balaban J connectivity index is 2.06.